The maximum Gasteiger partial charge on any atom is 0.256 e. The van der Waals surface area contributed by atoms with Crippen LogP contribution in [0.5, 0.6) is 0 Å². The van der Waals surface area contributed by atoms with Gasteiger partial charge in [0, 0.05) is 54.0 Å². The lowest BCUT2D eigenvalue weighted by Crippen LogP contribution is -2.41. The number of carbonyl (C=O) groups is 1. The Morgan fingerprint density at radius 3 is 2.57 bits per heavy atom. The first-order valence-electron chi connectivity index (χ1n) is 6.90. The third-order valence-corrected chi connectivity index (χ3v) is 5.00. The van der Waals surface area contributed by atoms with Crippen LogP contribution in [0.25, 0.3) is 10.8 Å². The average Bonchev–Trinajstić information content (AvgIpc) is 2.54. The van der Waals surface area contributed by atoms with E-state index in [1.807, 2.05) is 31.3 Å². The third-order valence-electron chi connectivity index (χ3n) is 3.73. The van der Waals surface area contributed by atoms with Crippen molar-refractivity contribution in [3.05, 3.63) is 36.0 Å². The summed E-state index contributed by atoms with van der Waals surface area (Å²) in [5, 5.41) is 4.88. The number of aromatic nitrogens is 1. The van der Waals surface area contributed by atoms with Crippen LogP contribution in [0.1, 0.15) is 10.4 Å². The summed E-state index contributed by atoms with van der Waals surface area (Å²) in [5.74, 6) is 1.86. The molecule has 1 fully saturated rings. The molecule has 1 aliphatic rings. The minimum atomic E-state index is -0.786. The molecule has 2 heterocycles. The van der Waals surface area contributed by atoms with Crippen molar-refractivity contribution in [1.82, 2.24) is 9.88 Å². The number of nitrogens with one attached hydrogen (secondary N) is 1. The van der Waals surface area contributed by atoms with Gasteiger partial charge in [0.2, 0.25) is 0 Å². The fraction of sp³-hybridized carbons (Fsp3) is 0.333. The quantitative estimate of drug-likeness (QED) is 0.913. The predicted octanol–water partition coefficient (Wildman–Crippen LogP) is 1.48. The molecule has 6 heteroatoms. The predicted molar refractivity (Wildman–Crippen MR) is 85.1 cm³/mol. The Hall–Kier alpha value is -1.95. The van der Waals surface area contributed by atoms with Crippen LogP contribution in [0, 0.1) is 0 Å². The number of rotatable bonds is 2. The molecule has 110 valence electrons. The number of nitrogens with zero attached hydrogens (tertiary/aromatic N) is 2. The van der Waals surface area contributed by atoms with Gasteiger partial charge in [0.05, 0.1) is 5.56 Å². The second-order valence-corrected chi connectivity index (χ2v) is 6.65. The zero-order valence-corrected chi connectivity index (χ0v) is 12.7. The fourth-order valence-corrected chi connectivity index (χ4v) is 3.63. The molecule has 0 aliphatic carbocycles. The molecular weight excluding hydrogens is 286 g/mol. The van der Waals surface area contributed by atoms with Crippen LogP contribution >= 0.6 is 0 Å². The third kappa shape index (κ3) is 2.63. The molecule has 1 saturated heterocycles. The molecule has 1 aromatic heterocycles. The highest BCUT2D eigenvalue weighted by Crippen LogP contribution is 2.25. The highest BCUT2D eigenvalue weighted by molar-refractivity contribution is 7.85. The molecule has 2 aromatic rings. The van der Waals surface area contributed by atoms with Crippen LogP contribution in [0.15, 0.2) is 30.5 Å². The van der Waals surface area contributed by atoms with Crippen LogP contribution in [-0.4, -0.2) is 51.6 Å². The number of amides is 1. The molecule has 0 radical (unpaired) electrons. The highest BCUT2D eigenvalue weighted by Gasteiger charge is 2.23. The van der Waals surface area contributed by atoms with Crippen molar-refractivity contribution in [2.24, 2.45) is 0 Å². The monoisotopic (exact) mass is 303 g/mol. The number of benzene rings is 1. The zero-order chi connectivity index (χ0) is 14.8. The van der Waals surface area contributed by atoms with E-state index in [0.717, 1.165) is 16.6 Å². The van der Waals surface area contributed by atoms with Crippen molar-refractivity contribution in [2.45, 2.75) is 0 Å². The van der Waals surface area contributed by atoms with Crippen molar-refractivity contribution in [3.8, 4) is 0 Å². The van der Waals surface area contributed by atoms with Gasteiger partial charge in [-0.05, 0) is 5.39 Å². The summed E-state index contributed by atoms with van der Waals surface area (Å²) in [4.78, 5) is 18.8. The van der Waals surface area contributed by atoms with Crippen LogP contribution in [0.4, 0.5) is 5.82 Å². The largest absolute Gasteiger partial charge is 0.373 e. The van der Waals surface area contributed by atoms with E-state index < -0.39 is 10.8 Å². The number of anilines is 1. The number of carbonyl (C=O) groups excluding carboxylic acids is 1. The SMILES string of the molecule is CNc1ncc(C(=O)N2CCS(=O)CC2)c2ccccc12. The first-order chi connectivity index (χ1) is 10.2. The van der Waals surface area contributed by atoms with Gasteiger partial charge in [-0.25, -0.2) is 4.98 Å². The van der Waals surface area contributed by atoms with E-state index >= 15 is 0 Å². The second-order valence-electron chi connectivity index (χ2n) is 4.96. The van der Waals surface area contributed by atoms with Crippen molar-refractivity contribution in [3.63, 3.8) is 0 Å². The van der Waals surface area contributed by atoms with Crippen molar-refractivity contribution in [2.75, 3.05) is 37.0 Å². The number of fused-ring (bicyclic) bond motifs is 1. The second kappa shape index (κ2) is 5.81. The van der Waals surface area contributed by atoms with E-state index in [-0.39, 0.29) is 5.91 Å². The van der Waals surface area contributed by atoms with Crippen LogP contribution < -0.4 is 5.32 Å². The first kappa shape index (κ1) is 14.0. The van der Waals surface area contributed by atoms with Crippen molar-refractivity contribution in [1.29, 1.82) is 0 Å². The summed E-state index contributed by atoms with van der Waals surface area (Å²) in [5.41, 5.74) is 0.609. The Balaban J connectivity index is 2.00. The van der Waals surface area contributed by atoms with E-state index in [0.29, 0.717) is 30.2 Å². The molecule has 0 saturated carbocycles. The summed E-state index contributed by atoms with van der Waals surface area (Å²) in [7, 11) is 1.03. The van der Waals surface area contributed by atoms with Crippen molar-refractivity contribution >= 4 is 33.3 Å². The number of hydrogen-bond donors (Lipinski definition) is 1. The van der Waals surface area contributed by atoms with Gasteiger partial charge in [0.25, 0.3) is 5.91 Å². The molecule has 5 nitrogen and oxygen atoms in total. The fourth-order valence-electron chi connectivity index (χ4n) is 2.57. The standard InChI is InChI=1S/C15H17N3O2S/c1-16-14-12-5-3-2-4-11(12)13(10-17-14)15(19)18-6-8-21(20)9-7-18/h2-5,10H,6-9H2,1H3,(H,16,17). The maximum absolute atomic E-state index is 12.7. The number of hydrogen-bond acceptors (Lipinski definition) is 4. The minimum Gasteiger partial charge on any atom is -0.373 e. The van der Waals surface area contributed by atoms with Crippen molar-refractivity contribution < 1.29 is 9.00 Å². The Morgan fingerprint density at radius 2 is 1.90 bits per heavy atom. The zero-order valence-electron chi connectivity index (χ0n) is 11.8. The lowest BCUT2D eigenvalue weighted by molar-refractivity contribution is 0.0773. The molecule has 1 amide bonds. The van der Waals surface area contributed by atoms with Gasteiger partial charge in [-0.1, -0.05) is 24.3 Å². The lowest BCUT2D eigenvalue weighted by Gasteiger charge is -2.26. The van der Waals surface area contributed by atoms with Crippen LogP contribution in [0.3, 0.4) is 0 Å². The van der Waals surface area contributed by atoms with Gasteiger partial charge in [0.15, 0.2) is 0 Å². The molecule has 0 bridgehead atoms. The summed E-state index contributed by atoms with van der Waals surface area (Å²) in [6.45, 7) is 1.10. The van der Waals surface area contributed by atoms with Crippen LogP contribution in [-0.2, 0) is 10.8 Å². The Kier molecular flexibility index (Phi) is 3.88. The van der Waals surface area contributed by atoms with E-state index in [1.165, 1.54) is 0 Å². The molecule has 1 aromatic carbocycles. The summed E-state index contributed by atoms with van der Waals surface area (Å²) >= 11 is 0. The topological polar surface area (TPSA) is 62.3 Å². The highest BCUT2D eigenvalue weighted by atomic mass is 32.2. The van der Waals surface area contributed by atoms with E-state index in [4.69, 9.17) is 0 Å². The van der Waals surface area contributed by atoms with Gasteiger partial charge in [-0.15, -0.1) is 0 Å². The molecule has 0 atom stereocenters. The van der Waals surface area contributed by atoms with E-state index in [2.05, 4.69) is 10.3 Å². The smallest absolute Gasteiger partial charge is 0.256 e. The molecule has 0 unspecified atom stereocenters. The van der Waals surface area contributed by atoms with Gasteiger partial charge in [0.1, 0.15) is 5.82 Å². The Morgan fingerprint density at radius 1 is 1.24 bits per heavy atom. The molecule has 1 aliphatic heterocycles. The maximum atomic E-state index is 12.7. The van der Waals surface area contributed by atoms with Gasteiger partial charge >= 0.3 is 0 Å². The normalized spacial score (nSPS) is 16.1. The average molecular weight is 303 g/mol. The van der Waals surface area contributed by atoms with Gasteiger partial charge in [-0.2, -0.15) is 0 Å². The lowest BCUT2D eigenvalue weighted by atomic mass is 10.1. The Bertz CT molecular complexity index is 707. The summed E-state index contributed by atoms with van der Waals surface area (Å²) in [6.07, 6.45) is 1.63. The van der Waals surface area contributed by atoms with Gasteiger partial charge < -0.3 is 10.2 Å². The number of pyridine rings is 1. The first-order valence-corrected chi connectivity index (χ1v) is 8.39. The van der Waals surface area contributed by atoms with Crippen LogP contribution in [0.2, 0.25) is 0 Å². The minimum absolute atomic E-state index is 0.0296. The Labute approximate surface area is 125 Å². The summed E-state index contributed by atoms with van der Waals surface area (Å²) < 4.78 is 11.4. The molecule has 1 N–H and O–H groups in total. The molecule has 21 heavy (non-hydrogen) atoms. The summed E-state index contributed by atoms with van der Waals surface area (Å²) in [6, 6.07) is 7.75. The van der Waals surface area contributed by atoms with E-state index in [9.17, 15) is 9.00 Å². The molecule has 0 spiro atoms. The van der Waals surface area contributed by atoms with Gasteiger partial charge in [-0.3, -0.25) is 9.00 Å². The molecule has 3 rings (SSSR count). The van der Waals surface area contributed by atoms with E-state index in [1.54, 1.807) is 11.1 Å². The molecular formula is C15H17N3O2S.